The average molecular weight is 358 g/mol. The van der Waals surface area contributed by atoms with E-state index in [4.69, 9.17) is 4.74 Å². The molecule has 0 saturated heterocycles. The van der Waals surface area contributed by atoms with E-state index in [0.717, 1.165) is 34.2 Å². The number of benzene rings is 1. The summed E-state index contributed by atoms with van der Waals surface area (Å²) in [7, 11) is 5.62. The monoisotopic (exact) mass is 358 g/mol. The summed E-state index contributed by atoms with van der Waals surface area (Å²) in [5.74, 6) is 0.848. The summed E-state index contributed by atoms with van der Waals surface area (Å²) in [5, 5.41) is 4.94. The Balaban J connectivity index is 1.72. The smallest absolute Gasteiger partial charge is 0.226 e. The largest absolute Gasteiger partial charge is 0.497 e. The molecule has 1 aromatic carbocycles. The molecular weight excluding hydrogens is 336 g/mol. The lowest BCUT2D eigenvalue weighted by atomic mass is 10.2. The maximum atomic E-state index is 12.1. The number of likely N-dealkylation sites (N-methyl/N-ethyl adjacent to an activating group) is 1. The predicted molar refractivity (Wildman–Crippen MR) is 100 cm³/mol. The van der Waals surface area contributed by atoms with Crippen LogP contribution in [0.1, 0.15) is 5.69 Å². The minimum Gasteiger partial charge on any atom is -0.497 e. The molecule has 0 aliphatic heterocycles. The molecule has 7 heteroatoms. The lowest BCUT2D eigenvalue weighted by Crippen LogP contribution is -2.32. The van der Waals surface area contributed by atoms with Crippen LogP contribution in [0, 0.1) is 0 Å². The molecular formula is C18H22N4O2S. The predicted octanol–water partition coefficient (Wildman–Crippen LogP) is 2.29. The van der Waals surface area contributed by atoms with Crippen LogP contribution < -0.4 is 10.1 Å². The number of fused-ring (bicyclic) bond motifs is 1. The van der Waals surface area contributed by atoms with Crippen molar-refractivity contribution in [3.63, 3.8) is 0 Å². The molecule has 0 aliphatic rings. The van der Waals surface area contributed by atoms with Crippen molar-refractivity contribution in [2.24, 2.45) is 0 Å². The zero-order valence-corrected chi connectivity index (χ0v) is 15.5. The van der Waals surface area contributed by atoms with Crippen LogP contribution in [0.15, 0.2) is 35.8 Å². The Morgan fingerprint density at radius 2 is 2.08 bits per heavy atom. The maximum Gasteiger partial charge on any atom is 0.226 e. The molecule has 0 atom stereocenters. The number of carbonyl (C=O) groups excluding carboxylic acids is 1. The van der Waals surface area contributed by atoms with Gasteiger partial charge >= 0.3 is 0 Å². The second kappa shape index (κ2) is 7.67. The van der Waals surface area contributed by atoms with Gasteiger partial charge in [0.25, 0.3) is 0 Å². The first-order valence-corrected chi connectivity index (χ1v) is 8.96. The van der Waals surface area contributed by atoms with Gasteiger partial charge in [0, 0.05) is 35.9 Å². The van der Waals surface area contributed by atoms with Crippen LogP contribution in [0.2, 0.25) is 0 Å². The standard InChI is InChI=1S/C18H22N4O2S/c1-21(2)9-8-19-17(23)10-14-12-25-18-20-16(11-22(14)18)13-4-6-15(24-3)7-5-13/h4-7,11-12H,8-10H2,1-3H3,(H,19,23). The number of aromatic nitrogens is 2. The number of rotatable bonds is 7. The molecule has 0 unspecified atom stereocenters. The van der Waals surface area contributed by atoms with Crippen LogP contribution in [0.3, 0.4) is 0 Å². The summed E-state index contributed by atoms with van der Waals surface area (Å²) in [6.07, 6.45) is 2.34. The van der Waals surface area contributed by atoms with Gasteiger partial charge in [-0.25, -0.2) is 4.98 Å². The molecule has 2 aromatic heterocycles. The minimum atomic E-state index is 0.0289. The number of ether oxygens (including phenoxy) is 1. The normalized spacial score (nSPS) is 11.2. The molecule has 2 heterocycles. The lowest BCUT2D eigenvalue weighted by Gasteiger charge is -2.10. The highest BCUT2D eigenvalue weighted by Crippen LogP contribution is 2.25. The number of amides is 1. The highest BCUT2D eigenvalue weighted by Gasteiger charge is 2.12. The molecule has 0 aliphatic carbocycles. The second-order valence-corrected chi connectivity index (χ2v) is 6.90. The van der Waals surface area contributed by atoms with Gasteiger partial charge in [0.2, 0.25) is 5.91 Å². The highest BCUT2D eigenvalue weighted by atomic mass is 32.1. The van der Waals surface area contributed by atoms with Crippen molar-refractivity contribution in [3.8, 4) is 17.0 Å². The van der Waals surface area contributed by atoms with Crippen LogP contribution in [-0.2, 0) is 11.2 Å². The Morgan fingerprint density at radius 1 is 1.32 bits per heavy atom. The molecule has 6 nitrogen and oxygen atoms in total. The Kier molecular flexibility index (Phi) is 5.35. The van der Waals surface area contributed by atoms with Crippen LogP contribution in [0.4, 0.5) is 0 Å². The van der Waals surface area contributed by atoms with Crippen LogP contribution in [0.25, 0.3) is 16.2 Å². The van der Waals surface area contributed by atoms with Gasteiger partial charge in [0.05, 0.1) is 19.2 Å². The van der Waals surface area contributed by atoms with E-state index in [2.05, 4.69) is 10.3 Å². The number of nitrogens with zero attached hydrogens (tertiary/aromatic N) is 3. The summed E-state index contributed by atoms with van der Waals surface area (Å²) < 4.78 is 7.18. The van der Waals surface area contributed by atoms with E-state index < -0.39 is 0 Å². The fraction of sp³-hybridized carbons (Fsp3) is 0.333. The fourth-order valence-corrected chi connectivity index (χ4v) is 3.38. The Morgan fingerprint density at radius 3 is 2.76 bits per heavy atom. The third-order valence-electron chi connectivity index (χ3n) is 3.89. The number of carbonyl (C=O) groups is 1. The minimum absolute atomic E-state index is 0.0289. The molecule has 0 radical (unpaired) electrons. The SMILES string of the molecule is COc1ccc(-c2cn3c(CC(=O)NCCN(C)C)csc3n2)cc1. The highest BCUT2D eigenvalue weighted by molar-refractivity contribution is 7.15. The second-order valence-electron chi connectivity index (χ2n) is 6.06. The van der Waals surface area contributed by atoms with Crippen molar-refractivity contribution < 1.29 is 9.53 Å². The van der Waals surface area contributed by atoms with E-state index in [1.54, 1.807) is 18.4 Å². The molecule has 0 bridgehead atoms. The molecule has 0 spiro atoms. The van der Waals surface area contributed by atoms with Crippen LogP contribution in [0.5, 0.6) is 5.75 Å². The molecule has 1 N–H and O–H groups in total. The van der Waals surface area contributed by atoms with Gasteiger partial charge in [-0.2, -0.15) is 0 Å². The van der Waals surface area contributed by atoms with Crippen LogP contribution in [-0.4, -0.2) is 54.5 Å². The molecule has 132 valence electrons. The van der Waals surface area contributed by atoms with Gasteiger partial charge in [0.15, 0.2) is 4.96 Å². The zero-order chi connectivity index (χ0) is 17.8. The van der Waals surface area contributed by atoms with Gasteiger partial charge in [-0.05, 0) is 38.4 Å². The molecule has 1 amide bonds. The third-order valence-corrected chi connectivity index (χ3v) is 4.78. The quantitative estimate of drug-likeness (QED) is 0.704. The summed E-state index contributed by atoms with van der Waals surface area (Å²) in [5.41, 5.74) is 2.87. The number of thiazole rings is 1. The van der Waals surface area contributed by atoms with Crippen molar-refractivity contribution in [1.82, 2.24) is 19.6 Å². The molecule has 25 heavy (non-hydrogen) atoms. The van der Waals surface area contributed by atoms with E-state index >= 15 is 0 Å². The van der Waals surface area contributed by atoms with Crippen molar-refractivity contribution in [2.75, 3.05) is 34.3 Å². The Bertz CT molecular complexity index is 852. The van der Waals surface area contributed by atoms with Gasteiger partial charge in [-0.3, -0.25) is 9.20 Å². The zero-order valence-electron chi connectivity index (χ0n) is 14.7. The van der Waals surface area contributed by atoms with E-state index in [-0.39, 0.29) is 5.91 Å². The summed E-state index contributed by atoms with van der Waals surface area (Å²) in [6.45, 7) is 1.48. The van der Waals surface area contributed by atoms with E-state index in [9.17, 15) is 4.79 Å². The van der Waals surface area contributed by atoms with Gasteiger partial charge in [0.1, 0.15) is 5.75 Å². The summed E-state index contributed by atoms with van der Waals surface area (Å²) in [6, 6.07) is 7.81. The third kappa shape index (κ3) is 4.18. The first-order chi connectivity index (χ1) is 12.1. The first kappa shape index (κ1) is 17.4. The van der Waals surface area contributed by atoms with Crippen molar-refractivity contribution in [1.29, 1.82) is 0 Å². The van der Waals surface area contributed by atoms with Crippen molar-refractivity contribution >= 4 is 22.2 Å². The summed E-state index contributed by atoms with van der Waals surface area (Å²) in [4.78, 5) is 19.7. The van der Waals surface area contributed by atoms with E-state index in [1.165, 1.54) is 0 Å². The Labute approximate surface area is 151 Å². The van der Waals surface area contributed by atoms with Gasteiger partial charge in [-0.15, -0.1) is 11.3 Å². The number of methoxy groups -OCH3 is 1. The molecule has 0 saturated carbocycles. The van der Waals surface area contributed by atoms with Crippen molar-refractivity contribution in [2.45, 2.75) is 6.42 Å². The lowest BCUT2D eigenvalue weighted by molar-refractivity contribution is -0.120. The first-order valence-electron chi connectivity index (χ1n) is 8.08. The molecule has 0 fully saturated rings. The topological polar surface area (TPSA) is 58.9 Å². The number of hydrogen-bond donors (Lipinski definition) is 1. The Hall–Kier alpha value is -2.38. The van der Waals surface area contributed by atoms with Gasteiger partial charge < -0.3 is 15.0 Å². The number of nitrogens with one attached hydrogen (secondary N) is 1. The summed E-state index contributed by atoms with van der Waals surface area (Å²) >= 11 is 1.55. The van der Waals surface area contributed by atoms with Gasteiger partial charge in [-0.1, -0.05) is 0 Å². The van der Waals surface area contributed by atoms with E-state index in [1.807, 2.05) is 59.2 Å². The number of imidazole rings is 1. The van der Waals surface area contributed by atoms with Crippen LogP contribution >= 0.6 is 11.3 Å². The number of hydrogen-bond acceptors (Lipinski definition) is 5. The maximum absolute atomic E-state index is 12.1. The fourth-order valence-electron chi connectivity index (χ4n) is 2.50. The van der Waals surface area contributed by atoms with E-state index in [0.29, 0.717) is 13.0 Å². The molecule has 3 aromatic rings. The van der Waals surface area contributed by atoms with Crippen molar-refractivity contribution in [3.05, 3.63) is 41.5 Å². The average Bonchev–Trinajstić information content (AvgIpc) is 3.17. The molecule has 3 rings (SSSR count).